The second kappa shape index (κ2) is 10.4. The molecule has 3 heterocycles. The van der Waals surface area contributed by atoms with Crippen LogP contribution < -0.4 is 5.32 Å². The number of ether oxygens (including phenoxy) is 1. The molecule has 1 aliphatic rings. The molecule has 0 atom stereocenters. The molecule has 1 saturated heterocycles. The molecule has 6 nitrogen and oxygen atoms in total. The molecule has 192 valence electrons. The van der Waals surface area contributed by atoms with Crippen molar-refractivity contribution in [3.63, 3.8) is 0 Å². The van der Waals surface area contributed by atoms with E-state index < -0.39 is 20.8 Å². The van der Waals surface area contributed by atoms with Gasteiger partial charge < -0.3 is 19.5 Å². The Labute approximate surface area is 206 Å². The molecule has 0 aliphatic carbocycles. The lowest BCUT2D eigenvalue weighted by Gasteiger charge is -2.30. The Kier molecular flexibility index (Phi) is 7.63. The minimum Gasteiger partial charge on any atom is -0.382 e. The average molecular weight is 508 g/mol. The largest absolute Gasteiger partial charge is 0.406 e. The molecule has 0 bridgehead atoms. The molecule has 4 rings (SSSR count). The fraction of sp³-hybridized carbons (Fsp3) is 0.560. The van der Waals surface area contributed by atoms with Crippen LogP contribution >= 0.6 is 0 Å². The molecule has 0 spiro atoms. The fourth-order valence-corrected chi connectivity index (χ4v) is 5.21. The maximum Gasteiger partial charge on any atom is 0.406 e. The zero-order chi connectivity index (χ0) is 25.2. The highest BCUT2D eigenvalue weighted by Gasteiger charge is 2.31. The van der Waals surface area contributed by atoms with Crippen molar-refractivity contribution in [1.82, 2.24) is 19.2 Å². The van der Waals surface area contributed by atoms with Crippen LogP contribution in [0.15, 0.2) is 36.5 Å². The van der Waals surface area contributed by atoms with Crippen LogP contribution in [-0.4, -0.2) is 66.3 Å². The summed E-state index contributed by atoms with van der Waals surface area (Å²) in [7, 11) is 0.918. The van der Waals surface area contributed by atoms with Gasteiger partial charge in [-0.1, -0.05) is 25.7 Å². The SMILES string of the molecule is CN1CCC(Nc2cccc3c2cc(-c2ccn(COCC[Si](C)(C)C)n2)n3CC(F)(F)F)CC1. The van der Waals surface area contributed by atoms with Crippen LogP contribution in [0.2, 0.25) is 25.7 Å². The highest BCUT2D eigenvalue weighted by molar-refractivity contribution is 6.76. The molecule has 10 heteroatoms. The molecular weight excluding hydrogens is 471 g/mol. The maximum absolute atomic E-state index is 13.6. The van der Waals surface area contributed by atoms with Gasteiger partial charge in [-0.05, 0) is 63.3 Å². The number of nitrogens with one attached hydrogen (secondary N) is 1. The van der Waals surface area contributed by atoms with E-state index in [9.17, 15) is 13.2 Å². The Hall–Kier alpha value is -2.30. The van der Waals surface area contributed by atoms with E-state index in [2.05, 4.69) is 42.0 Å². The predicted molar refractivity (Wildman–Crippen MR) is 137 cm³/mol. The van der Waals surface area contributed by atoms with Crippen molar-refractivity contribution in [2.45, 2.75) is 64.0 Å². The summed E-state index contributed by atoms with van der Waals surface area (Å²) in [4.78, 5) is 2.29. The monoisotopic (exact) mass is 507 g/mol. The van der Waals surface area contributed by atoms with E-state index in [-0.39, 0.29) is 6.73 Å². The lowest BCUT2D eigenvalue weighted by molar-refractivity contribution is -0.139. The molecule has 1 N–H and O–H groups in total. The summed E-state index contributed by atoms with van der Waals surface area (Å²) in [5.74, 6) is 0. The number of aromatic nitrogens is 3. The number of fused-ring (bicyclic) bond motifs is 1. The van der Waals surface area contributed by atoms with Crippen molar-refractivity contribution >= 4 is 24.7 Å². The Morgan fingerprint density at radius 1 is 1.14 bits per heavy atom. The fourth-order valence-electron chi connectivity index (χ4n) is 4.45. The van der Waals surface area contributed by atoms with Crippen molar-refractivity contribution < 1.29 is 17.9 Å². The first kappa shape index (κ1) is 25.8. The first-order chi connectivity index (χ1) is 16.5. The van der Waals surface area contributed by atoms with Crippen LogP contribution in [0.25, 0.3) is 22.3 Å². The molecule has 2 aromatic heterocycles. The van der Waals surface area contributed by atoms with E-state index in [1.165, 1.54) is 4.57 Å². The highest BCUT2D eigenvalue weighted by atomic mass is 28.3. The minimum absolute atomic E-state index is 0.285. The van der Waals surface area contributed by atoms with Gasteiger partial charge in [0.2, 0.25) is 0 Å². The third-order valence-corrected chi connectivity index (χ3v) is 8.19. The number of hydrogen-bond donors (Lipinski definition) is 1. The van der Waals surface area contributed by atoms with Crippen molar-refractivity contribution in [3.05, 3.63) is 36.5 Å². The summed E-state index contributed by atoms with van der Waals surface area (Å²) in [6.07, 6.45) is -0.575. The molecule has 0 radical (unpaired) electrons. The number of benzene rings is 1. The van der Waals surface area contributed by atoms with E-state index in [0.29, 0.717) is 29.6 Å². The molecule has 1 fully saturated rings. The number of halogens is 3. The number of alkyl halides is 3. The van der Waals surface area contributed by atoms with E-state index >= 15 is 0 Å². The quantitative estimate of drug-likeness (QED) is 0.290. The maximum atomic E-state index is 13.6. The molecular formula is C25H36F3N5OSi. The third-order valence-electron chi connectivity index (χ3n) is 6.48. The van der Waals surface area contributed by atoms with E-state index in [0.717, 1.165) is 43.0 Å². The molecule has 0 saturated carbocycles. The topological polar surface area (TPSA) is 47.2 Å². The van der Waals surface area contributed by atoms with E-state index in [1.54, 1.807) is 23.0 Å². The Morgan fingerprint density at radius 2 is 1.89 bits per heavy atom. The molecule has 1 aromatic carbocycles. The Morgan fingerprint density at radius 3 is 2.57 bits per heavy atom. The van der Waals surface area contributed by atoms with Crippen molar-refractivity contribution in [2.75, 3.05) is 32.1 Å². The van der Waals surface area contributed by atoms with Crippen LogP contribution in [0.4, 0.5) is 18.9 Å². The normalized spacial score (nSPS) is 16.3. The lowest BCUT2D eigenvalue weighted by Crippen LogP contribution is -2.36. The number of rotatable bonds is 9. The molecule has 3 aromatic rings. The van der Waals surface area contributed by atoms with Gasteiger partial charge in [-0.2, -0.15) is 18.3 Å². The van der Waals surface area contributed by atoms with Crippen molar-refractivity contribution in [3.8, 4) is 11.4 Å². The second-order valence-corrected chi connectivity index (χ2v) is 16.4. The number of nitrogens with zero attached hydrogens (tertiary/aromatic N) is 4. The number of anilines is 1. The van der Waals surface area contributed by atoms with Crippen LogP contribution in [0.1, 0.15) is 12.8 Å². The zero-order valence-corrected chi connectivity index (χ0v) is 22.0. The van der Waals surface area contributed by atoms with Crippen LogP contribution in [-0.2, 0) is 18.0 Å². The van der Waals surface area contributed by atoms with Gasteiger partial charge in [0.15, 0.2) is 0 Å². The summed E-state index contributed by atoms with van der Waals surface area (Å²) in [6.45, 7) is 8.76. The molecule has 0 amide bonds. The predicted octanol–water partition coefficient (Wildman–Crippen LogP) is 5.89. The lowest BCUT2D eigenvalue weighted by atomic mass is 10.0. The van der Waals surface area contributed by atoms with Gasteiger partial charge in [-0.3, -0.25) is 0 Å². The van der Waals surface area contributed by atoms with Gasteiger partial charge in [0.25, 0.3) is 0 Å². The van der Waals surface area contributed by atoms with E-state index in [1.807, 2.05) is 18.2 Å². The van der Waals surface area contributed by atoms with E-state index in [4.69, 9.17) is 4.74 Å². The summed E-state index contributed by atoms with van der Waals surface area (Å²) >= 11 is 0. The highest BCUT2D eigenvalue weighted by Crippen LogP contribution is 2.35. The summed E-state index contributed by atoms with van der Waals surface area (Å²) in [5.41, 5.74) is 2.38. The summed E-state index contributed by atoms with van der Waals surface area (Å²) < 4.78 is 49.5. The number of piperidine rings is 1. The van der Waals surface area contributed by atoms with Gasteiger partial charge >= 0.3 is 6.18 Å². The smallest absolute Gasteiger partial charge is 0.382 e. The number of likely N-dealkylation sites (tertiary alicyclic amines) is 1. The Bertz CT molecular complexity index is 1130. The first-order valence-electron chi connectivity index (χ1n) is 12.2. The second-order valence-electron chi connectivity index (χ2n) is 10.8. The van der Waals surface area contributed by atoms with Gasteiger partial charge in [0.1, 0.15) is 19.0 Å². The Balaban J connectivity index is 1.60. The molecule has 0 unspecified atom stereocenters. The first-order valence-corrected chi connectivity index (χ1v) is 15.9. The van der Waals surface area contributed by atoms with Gasteiger partial charge in [-0.25, -0.2) is 4.68 Å². The minimum atomic E-state index is -4.35. The molecule has 35 heavy (non-hydrogen) atoms. The van der Waals surface area contributed by atoms with Crippen LogP contribution in [0.5, 0.6) is 0 Å². The third kappa shape index (κ3) is 6.89. The van der Waals surface area contributed by atoms with Crippen LogP contribution in [0, 0.1) is 0 Å². The van der Waals surface area contributed by atoms with Gasteiger partial charge in [0.05, 0.1) is 11.2 Å². The molecule has 1 aliphatic heterocycles. The van der Waals surface area contributed by atoms with Crippen LogP contribution in [0.3, 0.4) is 0 Å². The standard InChI is InChI=1S/C25H36F3N5OSi/c1-31-11-8-19(9-12-31)29-21-6-5-7-23-20(21)16-24(33(23)17-25(26,27)28)22-10-13-32(30-22)18-34-14-15-35(2,3)4/h5-7,10,13,16,19,29H,8-9,11-12,14-15,17-18H2,1-4H3. The zero-order valence-electron chi connectivity index (χ0n) is 21.0. The summed E-state index contributed by atoms with van der Waals surface area (Å²) in [5, 5.41) is 8.91. The number of hydrogen-bond acceptors (Lipinski definition) is 4. The summed E-state index contributed by atoms with van der Waals surface area (Å²) in [6, 6.07) is 10.5. The van der Waals surface area contributed by atoms with Gasteiger partial charge in [0, 0.05) is 38.0 Å². The van der Waals surface area contributed by atoms with Crippen molar-refractivity contribution in [2.24, 2.45) is 0 Å². The van der Waals surface area contributed by atoms with Crippen molar-refractivity contribution in [1.29, 1.82) is 0 Å². The van der Waals surface area contributed by atoms with Gasteiger partial charge in [-0.15, -0.1) is 0 Å². The average Bonchev–Trinajstić information content (AvgIpc) is 3.37.